The van der Waals surface area contributed by atoms with Gasteiger partial charge in [-0.3, -0.25) is 9.59 Å². The highest BCUT2D eigenvalue weighted by Gasteiger charge is 2.20. The first-order valence-corrected chi connectivity index (χ1v) is 9.49. The lowest BCUT2D eigenvalue weighted by Gasteiger charge is -2.21. The van der Waals surface area contributed by atoms with Crippen molar-refractivity contribution in [2.45, 2.75) is 46.3 Å². The van der Waals surface area contributed by atoms with Crippen molar-refractivity contribution < 1.29 is 9.90 Å². The third-order valence-corrected chi connectivity index (χ3v) is 4.80. The summed E-state index contributed by atoms with van der Waals surface area (Å²) in [5.41, 5.74) is 1.49. The van der Waals surface area contributed by atoms with Crippen LogP contribution in [0.1, 0.15) is 54.3 Å². The molecule has 1 heterocycles. The van der Waals surface area contributed by atoms with Gasteiger partial charge in [-0.1, -0.05) is 44.2 Å². The van der Waals surface area contributed by atoms with E-state index in [0.717, 1.165) is 12.0 Å². The van der Waals surface area contributed by atoms with Gasteiger partial charge in [0.15, 0.2) is 0 Å². The van der Waals surface area contributed by atoms with E-state index in [1.807, 2.05) is 36.4 Å². The Hall–Kier alpha value is -2.40. The van der Waals surface area contributed by atoms with Crippen LogP contribution in [0.15, 0.2) is 47.4 Å². The molecule has 2 rings (SSSR count). The number of nitrogens with zero attached hydrogens (tertiary/aromatic N) is 2. The van der Waals surface area contributed by atoms with E-state index in [4.69, 9.17) is 0 Å². The number of benzene rings is 1. The van der Waals surface area contributed by atoms with Crippen LogP contribution in [-0.2, 0) is 6.54 Å². The number of amides is 1. The van der Waals surface area contributed by atoms with Gasteiger partial charge >= 0.3 is 0 Å². The van der Waals surface area contributed by atoms with Crippen LogP contribution in [0.25, 0.3) is 0 Å². The Morgan fingerprint density at radius 2 is 1.81 bits per heavy atom. The second kappa shape index (κ2) is 9.51. The van der Waals surface area contributed by atoms with Crippen LogP contribution in [0.2, 0.25) is 0 Å². The van der Waals surface area contributed by atoms with E-state index in [2.05, 4.69) is 13.8 Å². The number of carbonyl (C=O) groups is 1. The first-order valence-electron chi connectivity index (χ1n) is 9.49. The summed E-state index contributed by atoms with van der Waals surface area (Å²) < 4.78 is 1.62. The fourth-order valence-corrected chi connectivity index (χ4v) is 2.95. The number of aromatic nitrogens is 1. The number of carbonyl (C=O) groups excluding carboxylic acids is 1. The molecule has 146 valence electrons. The highest BCUT2D eigenvalue weighted by molar-refractivity contribution is 5.95. The van der Waals surface area contributed by atoms with E-state index in [0.29, 0.717) is 31.0 Å². The monoisotopic (exact) mass is 370 g/mol. The molecule has 1 aromatic carbocycles. The summed E-state index contributed by atoms with van der Waals surface area (Å²) in [7, 11) is 1.67. The maximum absolute atomic E-state index is 12.9. The number of rotatable bonds is 8. The van der Waals surface area contributed by atoms with Gasteiger partial charge in [0.05, 0.1) is 6.10 Å². The maximum Gasteiger partial charge on any atom is 0.263 e. The lowest BCUT2D eigenvalue weighted by Crippen LogP contribution is -2.36. The van der Waals surface area contributed by atoms with Gasteiger partial charge in [0.1, 0.15) is 5.56 Å². The normalized spacial score (nSPS) is 12.2. The van der Waals surface area contributed by atoms with Crippen molar-refractivity contribution in [2.75, 3.05) is 13.6 Å². The molecule has 1 N–H and O–H groups in total. The average molecular weight is 370 g/mol. The SMILES string of the molecule is Cc1ccn(CCC(C)C)c(=O)c1C(=O)N(C)CCC(O)c1ccccc1. The van der Waals surface area contributed by atoms with Crippen molar-refractivity contribution in [2.24, 2.45) is 5.92 Å². The van der Waals surface area contributed by atoms with Crippen LogP contribution in [0.5, 0.6) is 0 Å². The number of aliphatic hydroxyl groups is 1. The number of pyridine rings is 1. The van der Waals surface area contributed by atoms with Crippen molar-refractivity contribution in [3.63, 3.8) is 0 Å². The maximum atomic E-state index is 12.9. The molecule has 0 bridgehead atoms. The van der Waals surface area contributed by atoms with E-state index < -0.39 is 6.10 Å². The van der Waals surface area contributed by atoms with Gasteiger partial charge in [-0.25, -0.2) is 0 Å². The molecule has 0 saturated heterocycles. The van der Waals surface area contributed by atoms with E-state index in [9.17, 15) is 14.7 Å². The van der Waals surface area contributed by atoms with Gasteiger partial charge in [0, 0.05) is 26.3 Å². The van der Waals surface area contributed by atoms with Crippen molar-refractivity contribution >= 4 is 5.91 Å². The van der Waals surface area contributed by atoms with E-state index in [-0.39, 0.29) is 17.0 Å². The van der Waals surface area contributed by atoms with Crippen LogP contribution in [0, 0.1) is 12.8 Å². The van der Waals surface area contributed by atoms with Gasteiger partial charge in [0.25, 0.3) is 11.5 Å². The molecule has 1 atom stereocenters. The Balaban J connectivity index is 2.09. The average Bonchev–Trinajstić information content (AvgIpc) is 2.65. The molecule has 27 heavy (non-hydrogen) atoms. The highest BCUT2D eigenvalue weighted by Crippen LogP contribution is 2.17. The minimum atomic E-state index is -0.638. The van der Waals surface area contributed by atoms with E-state index in [1.54, 1.807) is 24.7 Å². The molecule has 5 nitrogen and oxygen atoms in total. The standard InChI is InChI=1S/C22H30N2O3/c1-16(2)10-14-24-15-11-17(3)20(22(24)27)21(26)23(4)13-12-19(25)18-8-6-5-7-9-18/h5-9,11,15-16,19,25H,10,12-14H2,1-4H3. The predicted molar refractivity (Wildman–Crippen MR) is 108 cm³/mol. The molecule has 0 aliphatic rings. The fourth-order valence-electron chi connectivity index (χ4n) is 2.95. The summed E-state index contributed by atoms with van der Waals surface area (Å²) in [6.07, 6.45) is 2.42. The van der Waals surface area contributed by atoms with Crippen LogP contribution in [0.4, 0.5) is 0 Å². The molecule has 0 spiro atoms. The molecule has 0 aliphatic heterocycles. The molecule has 0 fully saturated rings. The van der Waals surface area contributed by atoms with Crippen LogP contribution in [0.3, 0.4) is 0 Å². The minimum absolute atomic E-state index is 0.220. The van der Waals surface area contributed by atoms with E-state index in [1.165, 1.54) is 4.90 Å². The third-order valence-electron chi connectivity index (χ3n) is 4.80. The second-order valence-corrected chi connectivity index (χ2v) is 7.50. The van der Waals surface area contributed by atoms with E-state index >= 15 is 0 Å². The predicted octanol–water partition coefficient (Wildman–Crippen LogP) is 3.40. The molecule has 2 aromatic rings. The third kappa shape index (κ3) is 5.54. The summed E-state index contributed by atoms with van der Waals surface area (Å²) in [4.78, 5) is 27.1. The molecular weight excluding hydrogens is 340 g/mol. The zero-order chi connectivity index (χ0) is 20.0. The Labute approximate surface area is 161 Å². The summed E-state index contributed by atoms with van der Waals surface area (Å²) in [5, 5.41) is 10.3. The summed E-state index contributed by atoms with van der Waals surface area (Å²) in [6, 6.07) is 11.2. The number of aryl methyl sites for hydroxylation is 2. The van der Waals surface area contributed by atoms with Crippen molar-refractivity contribution in [3.8, 4) is 0 Å². The number of hydrogen-bond donors (Lipinski definition) is 1. The summed E-state index contributed by atoms with van der Waals surface area (Å²) >= 11 is 0. The van der Waals surface area contributed by atoms with Crippen LogP contribution >= 0.6 is 0 Å². The molecule has 0 saturated carbocycles. The lowest BCUT2D eigenvalue weighted by molar-refractivity contribution is 0.0758. The quantitative estimate of drug-likeness (QED) is 0.775. The van der Waals surface area contributed by atoms with Crippen molar-refractivity contribution in [3.05, 3.63) is 69.6 Å². The molecular formula is C22H30N2O3. The number of hydrogen-bond acceptors (Lipinski definition) is 3. The van der Waals surface area contributed by atoms with Gasteiger partial charge in [-0.15, -0.1) is 0 Å². The van der Waals surface area contributed by atoms with Gasteiger partial charge in [-0.2, -0.15) is 0 Å². The summed E-state index contributed by atoms with van der Waals surface area (Å²) in [6.45, 7) is 6.98. The van der Waals surface area contributed by atoms with Crippen LogP contribution in [-0.4, -0.2) is 34.1 Å². The zero-order valence-electron chi connectivity index (χ0n) is 16.7. The number of aliphatic hydroxyl groups excluding tert-OH is 1. The van der Waals surface area contributed by atoms with Gasteiger partial charge < -0.3 is 14.6 Å². The zero-order valence-corrected chi connectivity index (χ0v) is 16.7. The second-order valence-electron chi connectivity index (χ2n) is 7.50. The summed E-state index contributed by atoms with van der Waals surface area (Å²) in [5.74, 6) is 0.191. The molecule has 1 amide bonds. The van der Waals surface area contributed by atoms with Crippen LogP contribution < -0.4 is 5.56 Å². The van der Waals surface area contributed by atoms with Gasteiger partial charge in [0.2, 0.25) is 0 Å². The smallest absolute Gasteiger partial charge is 0.263 e. The topological polar surface area (TPSA) is 62.5 Å². The Bertz CT molecular complexity index is 812. The molecule has 0 aliphatic carbocycles. The van der Waals surface area contributed by atoms with Crippen molar-refractivity contribution in [1.82, 2.24) is 9.47 Å². The Morgan fingerprint density at radius 1 is 1.15 bits per heavy atom. The minimum Gasteiger partial charge on any atom is -0.388 e. The fraction of sp³-hybridized carbons (Fsp3) is 0.455. The van der Waals surface area contributed by atoms with Crippen molar-refractivity contribution in [1.29, 1.82) is 0 Å². The molecule has 1 unspecified atom stereocenters. The van der Waals surface area contributed by atoms with Gasteiger partial charge in [-0.05, 0) is 42.9 Å². The largest absolute Gasteiger partial charge is 0.388 e. The molecule has 5 heteroatoms. The first kappa shape index (κ1) is 20.9. The highest BCUT2D eigenvalue weighted by atomic mass is 16.3. The Morgan fingerprint density at radius 3 is 2.44 bits per heavy atom. The first-order chi connectivity index (χ1) is 12.8. The molecule has 0 radical (unpaired) electrons. The lowest BCUT2D eigenvalue weighted by atomic mass is 10.1. The molecule has 1 aromatic heterocycles. The Kier molecular flexibility index (Phi) is 7.36.